The molecule has 1 rings (SSSR count). The van der Waals surface area contributed by atoms with Crippen LogP contribution in [0, 0.1) is 5.92 Å². The van der Waals surface area contributed by atoms with Crippen molar-refractivity contribution in [2.75, 3.05) is 6.54 Å². The van der Waals surface area contributed by atoms with Crippen molar-refractivity contribution in [2.24, 2.45) is 11.7 Å². The van der Waals surface area contributed by atoms with E-state index < -0.39 is 5.91 Å². The van der Waals surface area contributed by atoms with Crippen molar-refractivity contribution in [1.29, 1.82) is 0 Å². The van der Waals surface area contributed by atoms with Crippen LogP contribution in [0.1, 0.15) is 13.3 Å². The van der Waals surface area contributed by atoms with Gasteiger partial charge in [0.05, 0.1) is 0 Å². The number of hydrogen-bond acceptors (Lipinski definition) is 3. The Bertz CT molecular complexity index is 249. The molecule has 0 radical (unpaired) electrons. The summed E-state index contributed by atoms with van der Waals surface area (Å²) in [7, 11) is 0. The van der Waals surface area contributed by atoms with Gasteiger partial charge in [-0.15, -0.1) is 0 Å². The summed E-state index contributed by atoms with van der Waals surface area (Å²) in [5.41, 5.74) is 4.86. The monoisotopic (exact) mass is 170 g/mol. The third kappa shape index (κ3) is 1.44. The maximum Gasteiger partial charge on any atom is 0.237 e. The van der Waals surface area contributed by atoms with Crippen LogP contribution in [0.3, 0.4) is 0 Å². The van der Waals surface area contributed by atoms with Gasteiger partial charge in [-0.3, -0.25) is 19.3 Å². The van der Waals surface area contributed by atoms with Crippen molar-refractivity contribution in [3.63, 3.8) is 0 Å². The summed E-state index contributed by atoms with van der Waals surface area (Å²) in [5, 5.41) is 0. The molecule has 0 spiro atoms. The molecule has 0 aliphatic carbocycles. The molecule has 1 aliphatic rings. The number of likely N-dealkylation sites (tertiary alicyclic amines) is 1. The molecule has 0 saturated carbocycles. The van der Waals surface area contributed by atoms with Crippen LogP contribution in [0.25, 0.3) is 0 Å². The Morgan fingerprint density at radius 1 is 1.67 bits per heavy atom. The molecule has 1 fully saturated rings. The van der Waals surface area contributed by atoms with Gasteiger partial charge in [0.25, 0.3) is 0 Å². The van der Waals surface area contributed by atoms with Gasteiger partial charge in [-0.05, 0) is 0 Å². The van der Waals surface area contributed by atoms with Gasteiger partial charge < -0.3 is 5.73 Å². The van der Waals surface area contributed by atoms with Crippen molar-refractivity contribution >= 4 is 17.7 Å². The van der Waals surface area contributed by atoms with Gasteiger partial charge >= 0.3 is 0 Å². The number of amides is 3. The molecule has 5 nitrogen and oxygen atoms in total. The highest BCUT2D eigenvalue weighted by Gasteiger charge is 2.35. The van der Waals surface area contributed by atoms with E-state index in [1.165, 1.54) is 0 Å². The zero-order chi connectivity index (χ0) is 9.30. The molecule has 3 amide bonds. The van der Waals surface area contributed by atoms with Crippen LogP contribution >= 0.6 is 0 Å². The summed E-state index contributed by atoms with van der Waals surface area (Å²) in [6.45, 7) is 1.36. The van der Waals surface area contributed by atoms with Gasteiger partial charge in [-0.25, -0.2) is 0 Å². The highest BCUT2D eigenvalue weighted by molar-refractivity contribution is 6.05. The molecule has 66 valence electrons. The van der Waals surface area contributed by atoms with E-state index in [-0.39, 0.29) is 30.7 Å². The maximum atomic E-state index is 11.1. The number of rotatable bonds is 2. The number of carbonyl (C=O) groups is 3. The minimum absolute atomic E-state index is 0.187. The number of hydrogen-bond donors (Lipinski definition) is 1. The molecule has 1 unspecified atom stereocenters. The number of primary amides is 1. The minimum Gasteiger partial charge on any atom is -0.368 e. The normalized spacial score (nSPS) is 23.4. The first-order chi connectivity index (χ1) is 5.52. The molecule has 0 aromatic carbocycles. The van der Waals surface area contributed by atoms with Gasteiger partial charge in [0.15, 0.2) is 0 Å². The Morgan fingerprint density at radius 3 is 2.58 bits per heavy atom. The Hall–Kier alpha value is -1.39. The van der Waals surface area contributed by atoms with E-state index in [2.05, 4.69) is 0 Å². The lowest BCUT2D eigenvalue weighted by molar-refractivity contribution is -0.142. The first kappa shape index (κ1) is 8.70. The summed E-state index contributed by atoms with van der Waals surface area (Å²) in [6, 6.07) is 0. The molecular formula is C7H10N2O3. The van der Waals surface area contributed by atoms with Gasteiger partial charge in [0.1, 0.15) is 6.54 Å². The molecule has 1 aliphatic heterocycles. The average Bonchev–Trinajstić information content (AvgIpc) is 2.16. The van der Waals surface area contributed by atoms with Gasteiger partial charge in [-0.2, -0.15) is 0 Å². The van der Waals surface area contributed by atoms with Crippen LogP contribution in [0.15, 0.2) is 0 Å². The molecule has 12 heavy (non-hydrogen) atoms. The third-order valence-electron chi connectivity index (χ3n) is 1.78. The second-order valence-corrected chi connectivity index (χ2v) is 2.89. The van der Waals surface area contributed by atoms with E-state index in [1.54, 1.807) is 6.92 Å². The fourth-order valence-corrected chi connectivity index (χ4v) is 1.17. The number of carbonyl (C=O) groups excluding carboxylic acids is 3. The van der Waals surface area contributed by atoms with E-state index >= 15 is 0 Å². The Kier molecular flexibility index (Phi) is 2.12. The van der Waals surface area contributed by atoms with Crippen LogP contribution < -0.4 is 5.73 Å². The highest BCUT2D eigenvalue weighted by Crippen LogP contribution is 2.17. The highest BCUT2D eigenvalue weighted by atomic mass is 16.2. The standard InChI is InChI=1S/C7H10N2O3/c1-4-2-6(11)9(7(4)12)3-5(8)10/h4H,2-3H2,1H3,(H2,8,10). The summed E-state index contributed by atoms with van der Waals surface area (Å²) in [4.78, 5) is 33.5. The molecule has 5 heteroatoms. The summed E-state index contributed by atoms with van der Waals surface area (Å²) in [5.74, 6) is -1.59. The smallest absolute Gasteiger partial charge is 0.237 e. The second-order valence-electron chi connectivity index (χ2n) is 2.89. The van der Waals surface area contributed by atoms with E-state index in [0.717, 1.165) is 4.90 Å². The molecule has 1 saturated heterocycles. The lowest BCUT2D eigenvalue weighted by Crippen LogP contribution is -2.38. The van der Waals surface area contributed by atoms with Crippen LogP contribution in [0.2, 0.25) is 0 Å². The summed E-state index contributed by atoms with van der Waals surface area (Å²) >= 11 is 0. The first-order valence-corrected chi connectivity index (χ1v) is 3.65. The summed E-state index contributed by atoms with van der Waals surface area (Å²) in [6.07, 6.45) is 0.187. The lowest BCUT2D eigenvalue weighted by atomic mass is 10.1. The fraction of sp³-hybridized carbons (Fsp3) is 0.571. The number of nitrogens with two attached hydrogens (primary N) is 1. The predicted molar refractivity (Wildman–Crippen MR) is 39.7 cm³/mol. The van der Waals surface area contributed by atoms with Crippen molar-refractivity contribution in [3.8, 4) is 0 Å². The van der Waals surface area contributed by atoms with Crippen LogP contribution in [0.5, 0.6) is 0 Å². The second kappa shape index (κ2) is 2.92. The molecular weight excluding hydrogens is 160 g/mol. The number of nitrogens with zero attached hydrogens (tertiary/aromatic N) is 1. The predicted octanol–water partition coefficient (Wildman–Crippen LogP) is -1.13. The minimum atomic E-state index is -0.661. The summed E-state index contributed by atoms with van der Waals surface area (Å²) < 4.78 is 0. The van der Waals surface area contributed by atoms with E-state index in [9.17, 15) is 14.4 Å². The largest absolute Gasteiger partial charge is 0.368 e. The van der Waals surface area contributed by atoms with E-state index in [4.69, 9.17) is 5.73 Å². The molecule has 2 N–H and O–H groups in total. The van der Waals surface area contributed by atoms with E-state index in [0.29, 0.717) is 0 Å². The Labute approximate surface area is 69.5 Å². The van der Waals surface area contributed by atoms with Crippen LogP contribution in [-0.2, 0) is 14.4 Å². The van der Waals surface area contributed by atoms with Gasteiger partial charge in [0.2, 0.25) is 17.7 Å². The van der Waals surface area contributed by atoms with Crippen molar-refractivity contribution in [3.05, 3.63) is 0 Å². The molecule has 0 bridgehead atoms. The van der Waals surface area contributed by atoms with Crippen molar-refractivity contribution in [1.82, 2.24) is 4.90 Å². The lowest BCUT2D eigenvalue weighted by Gasteiger charge is -2.10. The first-order valence-electron chi connectivity index (χ1n) is 3.65. The molecule has 0 aromatic rings. The maximum absolute atomic E-state index is 11.1. The fourth-order valence-electron chi connectivity index (χ4n) is 1.17. The van der Waals surface area contributed by atoms with Crippen molar-refractivity contribution in [2.45, 2.75) is 13.3 Å². The molecule has 1 heterocycles. The Morgan fingerprint density at radius 2 is 2.25 bits per heavy atom. The van der Waals surface area contributed by atoms with Gasteiger partial charge in [0, 0.05) is 12.3 Å². The zero-order valence-electron chi connectivity index (χ0n) is 6.74. The third-order valence-corrected chi connectivity index (χ3v) is 1.78. The van der Waals surface area contributed by atoms with Crippen LogP contribution in [-0.4, -0.2) is 29.2 Å². The van der Waals surface area contributed by atoms with E-state index in [1.807, 2.05) is 0 Å². The Balaban J connectivity index is 2.70. The molecule has 0 aromatic heterocycles. The van der Waals surface area contributed by atoms with Crippen LogP contribution in [0.4, 0.5) is 0 Å². The number of imide groups is 1. The quantitative estimate of drug-likeness (QED) is 0.532. The SMILES string of the molecule is CC1CC(=O)N(CC(N)=O)C1=O. The van der Waals surface area contributed by atoms with Gasteiger partial charge in [-0.1, -0.05) is 6.92 Å². The molecule has 1 atom stereocenters. The van der Waals surface area contributed by atoms with Crippen molar-refractivity contribution < 1.29 is 14.4 Å². The topological polar surface area (TPSA) is 80.5 Å². The zero-order valence-corrected chi connectivity index (χ0v) is 6.74. The average molecular weight is 170 g/mol.